The molecule has 0 aromatic rings. The van der Waals surface area contributed by atoms with Gasteiger partial charge in [0.2, 0.25) is 11.8 Å². The number of amides is 3. The highest BCUT2D eigenvalue weighted by Gasteiger charge is 2.37. The van der Waals surface area contributed by atoms with Crippen molar-refractivity contribution in [2.75, 3.05) is 18.8 Å². The maximum atomic E-state index is 11.7. The molecular weight excluding hydrogens is 252 g/mol. The smallest absolute Gasteiger partial charge is 0.289 e. The lowest BCUT2D eigenvalue weighted by Crippen LogP contribution is -2.48. The highest BCUT2D eigenvalue weighted by molar-refractivity contribution is 8.14. The Kier molecular flexibility index (Phi) is 4.27. The van der Waals surface area contributed by atoms with Crippen molar-refractivity contribution in [1.82, 2.24) is 9.80 Å². The van der Waals surface area contributed by atoms with Crippen LogP contribution in [0.5, 0.6) is 0 Å². The standard InChI is InChI=1S/C12H18N2O3S/c1-2-3-10(15)13-6-4-9(5-7-13)14-11(16)8-18-12(14)17/h9H,2-8H2,1H3. The Morgan fingerprint density at radius 1 is 1.33 bits per heavy atom. The SMILES string of the molecule is CCCC(=O)N1CCC(N2C(=O)CSC2=O)CC1. The number of piperidine rings is 1. The predicted molar refractivity (Wildman–Crippen MR) is 69.2 cm³/mol. The van der Waals surface area contributed by atoms with Gasteiger partial charge in [-0.3, -0.25) is 19.3 Å². The van der Waals surface area contributed by atoms with Crippen LogP contribution in [-0.4, -0.2) is 51.7 Å². The molecule has 3 amide bonds. The molecule has 0 saturated carbocycles. The fourth-order valence-corrected chi connectivity index (χ4v) is 3.24. The molecule has 0 N–H and O–H groups in total. The third-order valence-electron chi connectivity index (χ3n) is 3.43. The highest BCUT2D eigenvalue weighted by atomic mass is 32.2. The minimum atomic E-state index is -0.127. The molecule has 0 aromatic heterocycles. The van der Waals surface area contributed by atoms with Crippen molar-refractivity contribution in [3.8, 4) is 0 Å². The first-order chi connectivity index (χ1) is 8.63. The number of thioether (sulfide) groups is 1. The Balaban J connectivity index is 1.88. The van der Waals surface area contributed by atoms with Gasteiger partial charge in [-0.2, -0.15) is 0 Å². The van der Waals surface area contributed by atoms with E-state index in [0.717, 1.165) is 18.2 Å². The van der Waals surface area contributed by atoms with Gasteiger partial charge in [0.05, 0.1) is 5.75 Å². The Morgan fingerprint density at radius 3 is 2.50 bits per heavy atom. The zero-order valence-corrected chi connectivity index (χ0v) is 11.4. The van der Waals surface area contributed by atoms with Gasteiger partial charge < -0.3 is 4.90 Å². The van der Waals surface area contributed by atoms with Crippen molar-refractivity contribution in [2.45, 2.75) is 38.6 Å². The van der Waals surface area contributed by atoms with Crippen molar-refractivity contribution in [2.24, 2.45) is 0 Å². The molecule has 2 heterocycles. The summed E-state index contributed by atoms with van der Waals surface area (Å²) in [7, 11) is 0. The van der Waals surface area contributed by atoms with Crippen LogP contribution < -0.4 is 0 Å². The van der Waals surface area contributed by atoms with Crippen molar-refractivity contribution in [1.29, 1.82) is 0 Å². The summed E-state index contributed by atoms with van der Waals surface area (Å²) in [5, 5.41) is -0.127. The summed E-state index contributed by atoms with van der Waals surface area (Å²) in [6.45, 7) is 3.31. The third-order valence-corrected chi connectivity index (χ3v) is 4.27. The number of carbonyl (C=O) groups is 3. The summed E-state index contributed by atoms with van der Waals surface area (Å²) < 4.78 is 0. The molecule has 0 radical (unpaired) electrons. The quantitative estimate of drug-likeness (QED) is 0.779. The monoisotopic (exact) mass is 270 g/mol. The number of imide groups is 1. The molecule has 2 saturated heterocycles. The van der Waals surface area contributed by atoms with Crippen molar-refractivity contribution < 1.29 is 14.4 Å². The number of likely N-dealkylation sites (tertiary alicyclic amines) is 1. The van der Waals surface area contributed by atoms with Gasteiger partial charge in [-0.15, -0.1) is 0 Å². The first-order valence-electron chi connectivity index (χ1n) is 6.40. The molecule has 2 rings (SSSR count). The van der Waals surface area contributed by atoms with Crippen LogP contribution in [0.4, 0.5) is 4.79 Å². The Labute approximate surface area is 111 Å². The van der Waals surface area contributed by atoms with E-state index >= 15 is 0 Å². The second-order valence-electron chi connectivity index (χ2n) is 4.68. The highest BCUT2D eigenvalue weighted by Crippen LogP contribution is 2.26. The molecule has 0 atom stereocenters. The van der Waals surface area contributed by atoms with Gasteiger partial charge >= 0.3 is 0 Å². The molecule has 2 aliphatic rings. The molecule has 2 fully saturated rings. The van der Waals surface area contributed by atoms with Crippen LogP contribution in [-0.2, 0) is 9.59 Å². The zero-order chi connectivity index (χ0) is 13.1. The summed E-state index contributed by atoms with van der Waals surface area (Å²) in [6.07, 6.45) is 2.88. The van der Waals surface area contributed by atoms with E-state index in [4.69, 9.17) is 0 Å². The molecule has 18 heavy (non-hydrogen) atoms. The average molecular weight is 270 g/mol. The molecule has 6 heteroatoms. The van der Waals surface area contributed by atoms with Crippen LogP contribution in [0.2, 0.25) is 0 Å². The summed E-state index contributed by atoms with van der Waals surface area (Å²) in [6, 6.07) is -0.00863. The summed E-state index contributed by atoms with van der Waals surface area (Å²) in [4.78, 5) is 38.2. The van der Waals surface area contributed by atoms with Crippen LogP contribution in [0, 0.1) is 0 Å². The van der Waals surface area contributed by atoms with Crippen LogP contribution in [0.1, 0.15) is 32.6 Å². The van der Waals surface area contributed by atoms with Gasteiger partial charge in [0.25, 0.3) is 5.24 Å². The Hall–Kier alpha value is -1.04. The van der Waals surface area contributed by atoms with E-state index in [2.05, 4.69) is 0 Å². The molecule has 0 aromatic carbocycles. The van der Waals surface area contributed by atoms with Crippen molar-refractivity contribution in [3.05, 3.63) is 0 Å². The number of hydrogen-bond acceptors (Lipinski definition) is 4. The largest absolute Gasteiger partial charge is 0.343 e. The molecule has 0 bridgehead atoms. The number of rotatable bonds is 3. The third kappa shape index (κ3) is 2.68. The van der Waals surface area contributed by atoms with Crippen LogP contribution >= 0.6 is 11.8 Å². The van der Waals surface area contributed by atoms with E-state index in [9.17, 15) is 14.4 Å². The second kappa shape index (κ2) is 5.73. The molecular formula is C12H18N2O3S. The first kappa shape index (κ1) is 13.4. The Bertz CT molecular complexity index is 348. The lowest BCUT2D eigenvalue weighted by molar-refractivity contribution is -0.133. The normalized spacial score (nSPS) is 21.8. The number of nitrogens with zero attached hydrogens (tertiary/aromatic N) is 2. The van der Waals surface area contributed by atoms with E-state index in [1.54, 1.807) is 0 Å². The maximum absolute atomic E-state index is 11.7. The summed E-state index contributed by atoms with van der Waals surface area (Å²) >= 11 is 1.08. The second-order valence-corrected chi connectivity index (χ2v) is 5.61. The van der Waals surface area contributed by atoms with Gasteiger partial charge in [0.15, 0.2) is 0 Å². The number of carbonyl (C=O) groups excluding carboxylic acids is 3. The molecule has 0 aliphatic carbocycles. The molecule has 2 aliphatic heterocycles. The maximum Gasteiger partial charge on any atom is 0.289 e. The van der Waals surface area contributed by atoms with Crippen molar-refractivity contribution in [3.63, 3.8) is 0 Å². The fourth-order valence-electron chi connectivity index (χ4n) is 2.46. The van der Waals surface area contributed by atoms with E-state index in [-0.39, 0.29) is 28.8 Å². The fraction of sp³-hybridized carbons (Fsp3) is 0.750. The minimum absolute atomic E-state index is 0.00863. The van der Waals surface area contributed by atoms with Gasteiger partial charge in [-0.05, 0) is 19.3 Å². The minimum Gasteiger partial charge on any atom is -0.343 e. The average Bonchev–Trinajstić information content (AvgIpc) is 2.70. The molecule has 0 unspecified atom stereocenters. The number of hydrogen-bond donors (Lipinski definition) is 0. The lowest BCUT2D eigenvalue weighted by Gasteiger charge is -2.35. The predicted octanol–water partition coefficient (Wildman–Crippen LogP) is 1.47. The molecule has 0 spiro atoms. The topological polar surface area (TPSA) is 57.7 Å². The van der Waals surface area contributed by atoms with Crippen LogP contribution in [0.25, 0.3) is 0 Å². The van der Waals surface area contributed by atoms with Gasteiger partial charge in [0, 0.05) is 25.6 Å². The summed E-state index contributed by atoms with van der Waals surface area (Å²) in [5.74, 6) is 0.376. The molecule has 100 valence electrons. The Morgan fingerprint density at radius 2 is 2.00 bits per heavy atom. The van der Waals surface area contributed by atoms with Crippen molar-refractivity contribution >= 4 is 28.8 Å². The van der Waals surface area contributed by atoms with Gasteiger partial charge in [-0.1, -0.05) is 18.7 Å². The van der Waals surface area contributed by atoms with Gasteiger partial charge in [-0.25, -0.2) is 0 Å². The zero-order valence-electron chi connectivity index (χ0n) is 10.6. The van der Waals surface area contributed by atoms with Crippen LogP contribution in [0.15, 0.2) is 0 Å². The van der Waals surface area contributed by atoms with Gasteiger partial charge in [0.1, 0.15) is 0 Å². The van der Waals surface area contributed by atoms with E-state index < -0.39 is 0 Å². The first-order valence-corrected chi connectivity index (χ1v) is 7.38. The molecule has 5 nitrogen and oxygen atoms in total. The lowest BCUT2D eigenvalue weighted by atomic mass is 10.0. The van der Waals surface area contributed by atoms with Crippen LogP contribution in [0.3, 0.4) is 0 Å². The van der Waals surface area contributed by atoms with E-state index in [0.29, 0.717) is 32.4 Å². The summed E-state index contributed by atoms with van der Waals surface area (Å²) in [5.41, 5.74) is 0. The van der Waals surface area contributed by atoms with E-state index in [1.807, 2.05) is 11.8 Å². The van der Waals surface area contributed by atoms with E-state index in [1.165, 1.54) is 4.90 Å².